The predicted molar refractivity (Wildman–Crippen MR) is 39.6 cm³/mol. The van der Waals surface area contributed by atoms with E-state index in [1.54, 1.807) is 24.8 Å². The summed E-state index contributed by atoms with van der Waals surface area (Å²) in [5, 5.41) is 7.82. The van der Waals surface area contributed by atoms with E-state index in [4.69, 9.17) is 16.7 Å². The summed E-state index contributed by atoms with van der Waals surface area (Å²) in [6, 6.07) is 0. The van der Waals surface area contributed by atoms with Gasteiger partial charge < -0.3 is 5.11 Å². The van der Waals surface area contributed by atoms with Crippen molar-refractivity contribution in [1.29, 1.82) is 0 Å². The average Bonchev–Trinajstić information content (AvgIpc) is 1.90. The maximum absolute atomic E-state index is 7.82. The number of nitrogens with zero attached hydrogens (tertiary/aromatic N) is 2. The Morgan fingerprint density at radius 3 is 1.50 bits per heavy atom. The molecule has 0 amide bonds. The first-order valence-electron chi connectivity index (χ1n) is 2.75. The number of aliphatic hydroxyl groups is 1. The van der Waals surface area contributed by atoms with E-state index >= 15 is 0 Å². The molecule has 56 valence electrons. The maximum atomic E-state index is 7.82. The van der Waals surface area contributed by atoms with E-state index in [0.717, 1.165) is 0 Å². The van der Waals surface area contributed by atoms with Crippen LogP contribution >= 0.6 is 11.6 Å². The van der Waals surface area contributed by atoms with Gasteiger partial charge in [-0.1, -0.05) is 11.6 Å². The largest absolute Gasteiger partial charge is 0.378 e. The van der Waals surface area contributed by atoms with Gasteiger partial charge >= 0.3 is 0 Å². The quantitative estimate of drug-likeness (QED) is 0.577. The number of hydrogen-bond donors (Lipinski definition) is 1. The molecule has 1 N–H and O–H groups in total. The van der Waals surface area contributed by atoms with Gasteiger partial charge in [-0.2, -0.15) is 0 Å². The van der Waals surface area contributed by atoms with Gasteiger partial charge in [-0.15, -0.1) is 0 Å². The summed E-state index contributed by atoms with van der Waals surface area (Å²) in [4.78, 5) is 7.44. The summed E-state index contributed by atoms with van der Waals surface area (Å²) < 4.78 is 0. The highest BCUT2D eigenvalue weighted by molar-refractivity contribution is 6.19. The molecule has 1 aromatic rings. The van der Waals surface area contributed by atoms with Crippen molar-refractivity contribution < 1.29 is 5.11 Å². The van der Waals surface area contributed by atoms with E-state index in [0.29, 0.717) is 0 Å². The molecule has 0 radical (unpaired) electrons. The molecule has 3 nitrogen and oxygen atoms in total. The zero-order valence-electron chi connectivity index (χ0n) is 5.61. The predicted octanol–water partition coefficient (Wildman–Crippen LogP) is 1.04. The third-order valence-electron chi connectivity index (χ3n) is 0.478. The lowest BCUT2D eigenvalue weighted by atomic mass is 10.8. The van der Waals surface area contributed by atoms with Crippen molar-refractivity contribution in [1.82, 2.24) is 9.97 Å². The van der Waals surface area contributed by atoms with Crippen LogP contribution in [0.25, 0.3) is 0 Å². The van der Waals surface area contributed by atoms with Crippen LogP contribution < -0.4 is 0 Å². The van der Waals surface area contributed by atoms with Gasteiger partial charge in [0.05, 0.1) is 0 Å². The summed E-state index contributed by atoms with van der Waals surface area (Å²) in [7, 11) is 0. The van der Waals surface area contributed by atoms with Crippen LogP contribution in [-0.2, 0) is 0 Å². The van der Waals surface area contributed by atoms with Crippen LogP contribution in [0.1, 0.15) is 6.92 Å². The Balaban J connectivity index is 0.000000180. The molecule has 0 aliphatic heterocycles. The minimum Gasteiger partial charge on any atom is -0.378 e. The second-order valence-electron chi connectivity index (χ2n) is 1.47. The van der Waals surface area contributed by atoms with E-state index in [2.05, 4.69) is 9.97 Å². The van der Waals surface area contributed by atoms with E-state index in [-0.39, 0.29) is 0 Å². The Bertz CT molecular complexity index is 116. The highest BCUT2D eigenvalue weighted by Gasteiger charge is 1.72. The number of alkyl halides is 1. The third-order valence-corrected chi connectivity index (χ3v) is 0.478. The van der Waals surface area contributed by atoms with Gasteiger partial charge in [0.1, 0.15) is 5.56 Å². The molecule has 1 rings (SSSR count). The van der Waals surface area contributed by atoms with Crippen LogP contribution in [0, 0.1) is 0 Å². The molecule has 1 atom stereocenters. The smallest absolute Gasteiger partial charge is 0.125 e. The van der Waals surface area contributed by atoms with Crippen molar-refractivity contribution in [3.63, 3.8) is 0 Å². The van der Waals surface area contributed by atoms with Gasteiger partial charge in [0, 0.05) is 24.8 Å². The molecule has 10 heavy (non-hydrogen) atoms. The highest BCUT2D eigenvalue weighted by atomic mass is 35.5. The van der Waals surface area contributed by atoms with Crippen LogP contribution in [-0.4, -0.2) is 20.6 Å². The molecular formula is C6H9ClN2O. The molecule has 1 heterocycles. The molecule has 0 fully saturated rings. The summed E-state index contributed by atoms with van der Waals surface area (Å²) in [6.07, 6.45) is 6.56. The van der Waals surface area contributed by atoms with Gasteiger partial charge in [0.2, 0.25) is 0 Å². The molecule has 0 aromatic carbocycles. The van der Waals surface area contributed by atoms with Crippen molar-refractivity contribution in [2.24, 2.45) is 0 Å². The standard InChI is InChI=1S/C4H4N2.C2H5ClO/c1-2-6-4-3-5-1;1-2(3)4/h1-4H;2,4H,1H3. The van der Waals surface area contributed by atoms with Crippen molar-refractivity contribution in [2.75, 3.05) is 0 Å². The first-order valence-corrected chi connectivity index (χ1v) is 3.19. The molecule has 0 aliphatic rings. The Kier molecular flexibility index (Phi) is 6.02. The lowest BCUT2D eigenvalue weighted by Gasteiger charge is -1.77. The van der Waals surface area contributed by atoms with E-state index in [1.165, 1.54) is 6.92 Å². The van der Waals surface area contributed by atoms with Gasteiger partial charge in [0.25, 0.3) is 0 Å². The first kappa shape index (κ1) is 9.33. The van der Waals surface area contributed by atoms with Crippen LogP contribution in [0.2, 0.25) is 0 Å². The fourth-order valence-corrected chi connectivity index (χ4v) is 0.253. The Morgan fingerprint density at radius 1 is 1.20 bits per heavy atom. The van der Waals surface area contributed by atoms with Crippen LogP contribution in [0.3, 0.4) is 0 Å². The van der Waals surface area contributed by atoms with E-state index in [1.807, 2.05) is 0 Å². The molecule has 0 saturated carbocycles. The highest BCUT2D eigenvalue weighted by Crippen LogP contribution is 1.79. The van der Waals surface area contributed by atoms with Gasteiger partial charge in [0.15, 0.2) is 0 Å². The Morgan fingerprint density at radius 2 is 1.40 bits per heavy atom. The molecular weight excluding hydrogens is 152 g/mol. The number of rotatable bonds is 0. The second-order valence-corrected chi connectivity index (χ2v) is 2.10. The maximum Gasteiger partial charge on any atom is 0.125 e. The minimum absolute atomic E-state index is 0.694. The van der Waals surface area contributed by atoms with Gasteiger partial charge in [-0.3, -0.25) is 9.97 Å². The molecule has 4 heteroatoms. The van der Waals surface area contributed by atoms with Crippen molar-refractivity contribution in [3.8, 4) is 0 Å². The molecule has 0 saturated heterocycles. The lowest BCUT2D eigenvalue weighted by molar-refractivity contribution is 0.277. The SMILES string of the molecule is CC(O)Cl.c1cnccn1. The second kappa shape index (κ2) is 6.45. The third kappa shape index (κ3) is 10.3. The number of aliphatic hydroxyl groups excluding tert-OH is 1. The Hall–Kier alpha value is -0.670. The van der Waals surface area contributed by atoms with Crippen LogP contribution in [0.15, 0.2) is 24.8 Å². The van der Waals surface area contributed by atoms with Crippen molar-refractivity contribution in [2.45, 2.75) is 12.5 Å². The summed E-state index contributed by atoms with van der Waals surface area (Å²) in [5.74, 6) is 0. The summed E-state index contributed by atoms with van der Waals surface area (Å²) in [5.41, 5.74) is -0.694. The molecule has 0 aliphatic carbocycles. The average molecular weight is 161 g/mol. The molecule has 0 bridgehead atoms. The Labute approximate surface area is 64.7 Å². The van der Waals surface area contributed by atoms with Gasteiger partial charge in [-0.05, 0) is 6.92 Å². The zero-order chi connectivity index (χ0) is 7.82. The van der Waals surface area contributed by atoms with Crippen LogP contribution in [0.4, 0.5) is 0 Å². The zero-order valence-corrected chi connectivity index (χ0v) is 6.36. The summed E-state index contributed by atoms with van der Waals surface area (Å²) in [6.45, 7) is 1.49. The fraction of sp³-hybridized carbons (Fsp3) is 0.333. The minimum atomic E-state index is -0.694. The van der Waals surface area contributed by atoms with E-state index < -0.39 is 5.56 Å². The first-order chi connectivity index (χ1) is 4.73. The normalized spacial score (nSPS) is 11.1. The van der Waals surface area contributed by atoms with Gasteiger partial charge in [-0.25, -0.2) is 0 Å². The number of aromatic nitrogens is 2. The topological polar surface area (TPSA) is 46.0 Å². The van der Waals surface area contributed by atoms with Crippen molar-refractivity contribution >= 4 is 11.6 Å². The van der Waals surface area contributed by atoms with E-state index in [9.17, 15) is 0 Å². The molecule has 1 unspecified atom stereocenters. The number of hydrogen-bond acceptors (Lipinski definition) is 3. The fourth-order valence-electron chi connectivity index (χ4n) is 0.253. The molecule has 1 aromatic heterocycles. The van der Waals surface area contributed by atoms with Crippen molar-refractivity contribution in [3.05, 3.63) is 24.8 Å². The summed E-state index contributed by atoms with van der Waals surface area (Å²) >= 11 is 4.83. The van der Waals surface area contributed by atoms with Crippen LogP contribution in [0.5, 0.6) is 0 Å². The monoisotopic (exact) mass is 160 g/mol. The molecule has 0 spiro atoms. The lowest BCUT2D eigenvalue weighted by Crippen LogP contribution is -1.79. The number of halogens is 1.